The molecule has 0 aromatic rings. The van der Waals surface area contributed by atoms with Crippen LogP contribution >= 0.6 is 0 Å². The number of hydrogen-bond acceptors (Lipinski definition) is 7. The molecule has 0 radical (unpaired) electrons. The molecule has 9 nitrogen and oxygen atoms in total. The number of amides is 2. The molecule has 25 heavy (non-hydrogen) atoms. The van der Waals surface area contributed by atoms with Crippen molar-refractivity contribution in [1.82, 2.24) is 0 Å². The minimum Gasteiger partial charge on any atom is -0.379 e. The number of carbonyl (C=O) groups excluding carboxylic acids is 2. The van der Waals surface area contributed by atoms with E-state index in [-0.39, 0.29) is 13.2 Å². The molecule has 2 amide bonds. The summed E-state index contributed by atoms with van der Waals surface area (Å²) in [4.78, 5) is 30.3. The second-order valence-corrected chi connectivity index (χ2v) is 4.83. The minimum absolute atomic E-state index is 0.240. The van der Waals surface area contributed by atoms with Gasteiger partial charge in [-0.05, 0) is 37.8 Å². The first-order valence-corrected chi connectivity index (χ1v) is 8.11. The van der Waals surface area contributed by atoms with E-state index in [0.717, 1.165) is 25.7 Å². The molecule has 0 bridgehead atoms. The maximum absolute atomic E-state index is 10.4. The zero-order chi connectivity index (χ0) is 18.6. The predicted molar refractivity (Wildman–Crippen MR) is 89.8 cm³/mol. The van der Waals surface area contributed by atoms with Crippen LogP contribution in [0.4, 0.5) is 0 Å². The van der Waals surface area contributed by atoms with Crippen LogP contribution in [0.3, 0.4) is 0 Å². The fourth-order valence-corrected chi connectivity index (χ4v) is 1.50. The Balaban J connectivity index is 3.09. The van der Waals surface area contributed by atoms with Gasteiger partial charge in [-0.2, -0.15) is 0 Å². The van der Waals surface area contributed by atoms with Crippen molar-refractivity contribution in [3.8, 4) is 0 Å². The van der Waals surface area contributed by atoms with Crippen LogP contribution in [0.1, 0.15) is 25.7 Å². The molecule has 0 unspecified atom stereocenters. The molecule has 0 atom stereocenters. The van der Waals surface area contributed by atoms with Gasteiger partial charge in [0.15, 0.2) is 0 Å². The maximum atomic E-state index is 10.4. The van der Waals surface area contributed by atoms with Crippen molar-refractivity contribution >= 4 is 11.8 Å². The van der Waals surface area contributed by atoms with Crippen molar-refractivity contribution in [2.45, 2.75) is 25.7 Å². The third-order valence-corrected chi connectivity index (χ3v) is 2.60. The van der Waals surface area contributed by atoms with E-state index < -0.39 is 11.8 Å². The van der Waals surface area contributed by atoms with Crippen LogP contribution in [0.2, 0.25) is 0 Å². The average molecular weight is 360 g/mol. The van der Waals surface area contributed by atoms with Gasteiger partial charge >= 0.3 is 0 Å². The number of ether oxygens (including phenoxy) is 2. The Kier molecular flexibility index (Phi) is 17.2. The summed E-state index contributed by atoms with van der Waals surface area (Å²) >= 11 is 0. The Morgan fingerprint density at radius 2 is 1.12 bits per heavy atom. The van der Waals surface area contributed by atoms with Crippen LogP contribution in [-0.2, 0) is 33.9 Å². The summed E-state index contributed by atoms with van der Waals surface area (Å²) in [6.07, 6.45) is 9.11. The molecule has 0 aliphatic heterocycles. The van der Waals surface area contributed by atoms with Gasteiger partial charge in [0.2, 0.25) is 11.8 Å². The van der Waals surface area contributed by atoms with Gasteiger partial charge in [0.25, 0.3) is 0 Å². The number of carbonyl (C=O) groups is 2. The number of primary amides is 2. The maximum Gasteiger partial charge on any atom is 0.241 e. The lowest BCUT2D eigenvalue weighted by molar-refractivity contribution is -0.514. The third kappa shape index (κ3) is 22.2. The van der Waals surface area contributed by atoms with Gasteiger partial charge in [-0.3, -0.25) is 9.59 Å². The van der Waals surface area contributed by atoms with Crippen molar-refractivity contribution in [2.24, 2.45) is 11.5 Å². The molecule has 0 aliphatic rings. The Morgan fingerprint density at radius 3 is 1.52 bits per heavy atom. The predicted octanol–water partition coefficient (Wildman–Crippen LogP) is 0.543. The summed E-state index contributed by atoms with van der Waals surface area (Å²) < 4.78 is 10.6. The van der Waals surface area contributed by atoms with E-state index in [1.807, 2.05) is 0 Å². The number of rotatable bonds is 18. The lowest BCUT2D eigenvalue weighted by atomic mass is 10.3. The molecule has 0 heterocycles. The highest BCUT2D eigenvalue weighted by Crippen LogP contribution is 1.94. The van der Waals surface area contributed by atoms with Gasteiger partial charge in [0.1, 0.15) is 13.2 Å². The van der Waals surface area contributed by atoms with E-state index >= 15 is 0 Å². The summed E-state index contributed by atoms with van der Waals surface area (Å²) in [6.45, 7) is 2.33. The molecule has 0 spiro atoms. The second kappa shape index (κ2) is 18.6. The van der Waals surface area contributed by atoms with Crippen molar-refractivity contribution in [1.29, 1.82) is 0 Å². The molecule has 4 N–H and O–H groups in total. The van der Waals surface area contributed by atoms with Crippen molar-refractivity contribution in [3.63, 3.8) is 0 Å². The SMILES string of the molecule is NC(=O)C=CCCCOCCOOOCCOCCCC=CC(N)=O. The monoisotopic (exact) mass is 360 g/mol. The lowest BCUT2D eigenvalue weighted by Crippen LogP contribution is -2.09. The van der Waals surface area contributed by atoms with Crippen LogP contribution in [-0.4, -0.2) is 51.5 Å². The molecule has 0 aromatic heterocycles. The molecular weight excluding hydrogens is 332 g/mol. The highest BCUT2D eigenvalue weighted by Gasteiger charge is 1.94. The van der Waals surface area contributed by atoms with E-state index in [0.29, 0.717) is 26.4 Å². The first kappa shape index (κ1) is 23.2. The van der Waals surface area contributed by atoms with Crippen LogP contribution in [0, 0.1) is 0 Å². The highest BCUT2D eigenvalue weighted by molar-refractivity contribution is 5.85. The molecule has 0 rings (SSSR count). The average Bonchev–Trinajstić information content (AvgIpc) is 2.56. The Labute approximate surface area is 147 Å². The smallest absolute Gasteiger partial charge is 0.241 e. The van der Waals surface area contributed by atoms with E-state index in [4.69, 9.17) is 30.7 Å². The zero-order valence-electron chi connectivity index (χ0n) is 14.4. The van der Waals surface area contributed by atoms with Crippen molar-refractivity contribution in [2.75, 3.05) is 39.6 Å². The molecule has 0 fully saturated rings. The van der Waals surface area contributed by atoms with Gasteiger partial charge in [0, 0.05) is 13.2 Å². The lowest BCUT2D eigenvalue weighted by Gasteiger charge is -2.05. The molecule has 0 aromatic carbocycles. The normalized spacial score (nSPS) is 11.5. The Bertz CT molecular complexity index is 364. The number of unbranched alkanes of at least 4 members (excludes halogenated alkanes) is 2. The molecular formula is C16H28N2O7. The highest BCUT2D eigenvalue weighted by atomic mass is 17.5. The summed E-state index contributed by atoms with van der Waals surface area (Å²) in [5.41, 5.74) is 9.90. The minimum atomic E-state index is -0.450. The fourth-order valence-electron chi connectivity index (χ4n) is 1.50. The molecule has 144 valence electrons. The van der Waals surface area contributed by atoms with Gasteiger partial charge in [0.05, 0.1) is 13.2 Å². The van der Waals surface area contributed by atoms with Crippen molar-refractivity contribution < 1.29 is 33.9 Å². The standard InChI is InChI=1S/C16H28N2O7/c17-15(19)7-3-1-5-9-21-11-13-23-25-24-14-12-22-10-6-2-4-8-16(18)20/h3-4,7-8H,1-2,5-6,9-14H2,(H2,17,19)(H2,18,20). The second-order valence-electron chi connectivity index (χ2n) is 4.83. The molecule has 0 saturated heterocycles. The summed E-state index contributed by atoms with van der Waals surface area (Å²) in [6, 6.07) is 0. The van der Waals surface area contributed by atoms with E-state index in [9.17, 15) is 9.59 Å². The first-order chi connectivity index (χ1) is 12.1. The Morgan fingerprint density at radius 1 is 0.680 bits per heavy atom. The van der Waals surface area contributed by atoms with Crippen molar-refractivity contribution in [3.05, 3.63) is 24.3 Å². The van der Waals surface area contributed by atoms with Gasteiger partial charge in [-0.15, -0.1) is 0 Å². The fraction of sp³-hybridized carbons (Fsp3) is 0.625. The largest absolute Gasteiger partial charge is 0.379 e. The van der Waals surface area contributed by atoms with Gasteiger partial charge < -0.3 is 20.9 Å². The van der Waals surface area contributed by atoms with E-state index in [2.05, 4.69) is 5.04 Å². The van der Waals surface area contributed by atoms with Gasteiger partial charge in [-0.1, -0.05) is 17.2 Å². The first-order valence-electron chi connectivity index (χ1n) is 8.11. The quantitative estimate of drug-likeness (QED) is 0.158. The zero-order valence-corrected chi connectivity index (χ0v) is 14.4. The summed E-state index contributed by atoms with van der Waals surface area (Å²) in [7, 11) is 0. The summed E-state index contributed by atoms with van der Waals surface area (Å²) in [5, 5.41) is 4.49. The number of allylic oxidation sites excluding steroid dienone is 2. The van der Waals surface area contributed by atoms with Crippen LogP contribution in [0.25, 0.3) is 0 Å². The topological polar surface area (TPSA) is 132 Å². The molecule has 0 aliphatic carbocycles. The number of nitrogens with two attached hydrogens (primary N) is 2. The van der Waals surface area contributed by atoms with Crippen LogP contribution in [0.5, 0.6) is 0 Å². The summed E-state index contributed by atoms with van der Waals surface area (Å²) in [5.74, 6) is -0.900. The third-order valence-electron chi connectivity index (χ3n) is 2.60. The Hall–Kier alpha value is -1.78. The molecule has 0 saturated carbocycles. The van der Waals surface area contributed by atoms with E-state index in [1.165, 1.54) is 12.2 Å². The van der Waals surface area contributed by atoms with Gasteiger partial charge in [-0.25, -0.2) is 9.78 Å². The van der Waals surface area contributed by atoms with Crippen LogP contribution < -0.4 is 11.5 Å². The molecule has 9 heteroatoms. The van der Waals surface area contributed by atoms with Crippen LogP contribution in [0.15, 0.2) is 24.3 Å². The van der Waals surface area contributed by atoms with E-state index in [1.54, 1.807) is 12.2 Å². The number of hydrogen-bond donors (Lipinski definition) is 2.